The van der Waals surface area contributed by atoms with E-state index in [0.717, 1.165) is 13.0 Å². The fourth-order valence-electron chi connectivity index (χ4n) is 1.78. The van der Waals surface area contributed by atoms with E-state index in [-0.39, 0.29) is 11.9 Å². The van der Waals surface area contributed by atoms with E-state index in [0.29, 0.717) is 0 Å². The summed E-state index contributed by atoms with van der Waals surface area (Å²) in [5, 5.41) is 3.24. The van der Waals surface area contributed by atoms with E-state index in [9.17, 15) is 4.79 Å². The highest BCUT2D eigenvalue weighted by Crippen LogP contribution is 2.04. The molecule has 0 saturated heterocycles. The third-order valence-electron chi connectivity index (χ3n) is 2.76. The molecule has 0 heterocycles. The van der Waals surface area contributed by atoms with Crippen LogP contribution < -0.4 is 5.32 Å². The first-order valence-corrected chi connectivity index (χ1v) is 6.01. The summed E-state index contributed by atoms with van der Waals surface area (Å²) in [7, 11) is 3.56. The van der Waals surface area contributed by atoms with Crippen molar-refractivity contribution in [1.82, 2.24) is 10.2 Å². The molecule has 1 atom stereocenters. The average molecular weight is 234 g/mol. The summed E-state index contributed by atoms with van der Waals surface area (Å²) < 4.78 is 0. The monoisotopic (exact) mass is 234 g/mol. The number of carbonyl (C=O) groups excluding carboxylic acids is 1. The number of amides is 1. The molecule has 3 heteroatoms. The van der Waals surface area contributed by atoms with Crippen LogP contribution in [0.4, 0.5) is 0 Å². The predicted molar refractivity (Wildman–Crippen MR) is 71.0 cm³/mol. The molecule has 1 aromatic rings. The van der Waals surface area contributed by atoms with Gasteiger partial charge in [0.1, 0.15) is 0 Å². The molecule has 1 N–H and O–H groups in total. The summed E-state index contributed by atoms with van der Waals surface area (Å²) in [6, 6.07) is 8.34. The van der Waals surface area contributed by atoms with Crippen molar-refractivity contribution in [1.29, 1.82) is 0 Å². The molecule has 1 rings (SSSR count). The van der Waals surface area contributed by atoms with Crippen LogP contribution in [0.15, 0.2) is 24.3 Å². The first-order chi connectivity index (χ1) is 8.00. The van der Waals surface area contributed by atoms with Gasteiger partial charge in [-0.05, 0) is 32.4 Å². The molecule has 0 bridgehead atoms. The van der Waals surface area contributed by atoms with Gasteiger partial charge in [-0.15, -0.1) is 0 Å². The second-order valence-electron chi connectivity index (χ2n) is 4.65. The van der Waals surface area contributed by atoms with E-state index in [2.05, 4.69) is 36.5 Å². The minimum Gasteiger partial charge on any atom is -0.347 e. The summed E-state index contributed by atoms with van der Waals surface area (Å²) in [5.74, 6) is 0.120. The van der Waals surface area contributed by atoms with Gasteiger partial charge in [0.05, 0.1) is 6.04 Å². The largest absolute Gasteiger partial charge is 0.347 e. The van der Waals surface area contributed by atoms with Crippen molar-refractivity contribution in [2.45, 2.75) is 26.3 Å². The maximum Gasteiger partial charge on any atom is 0.238 e. The Morgan fingerprint density at radius 3 is 2.71 bits per heavy atom. The highest BCUT2D eigenvalue weighted by atomic mass is 16.2. The molecule has 0 aliphatic heterocycles. The van der Waals surface area contributed by atoms with Crippen molar-refractivity contribution in [2.75, 3.05) is 20.6 Å². The van der Waals surface area contributed by atoms with E-state index in [1.807, 2.05) is 6.92 Å². The van der Waals surface area contributed by atoms with Crippen LogP contribution in [-0.4, -0.2) is 37.5 Å². The zero-order valence-corrected chi connectivity index (χ0v) is 11.2. The average Bonchev–Trinajstić information content (AvgIpc) is 2.27. The molecule has 3 nitrogen and oxygen atoms in total. The Morgan fingerprint density at radius 2 is 2.12 bits per heavy atom. The number of nitrogens with zero attached hydrogens (tertiary/aromatic N) is 1. The lowest BCUT2D eigenvalue weighted by molar-refractivity contribution is -0.130. The van der Waals surface area contributed by atoms with Crippen LogP contribution in [0, 0.1) is 6.92 Å². The molecule has 1 amide bonds. The zero-order valence-electron chi connectivity index (χ0n) is 11.2. The summed E-state index contributed by atoms with van der Waals surface area (Å²) >= 11 is 0. The molecular formula is C14H22N2O. The number of carbonyl (C=O) groups is 1. The summed E-state index contributed by atoms with van der Waals surface area (Å²) in [6.07, 6.45) is 0.951. The van der Waals surface area contributed by atoms with Crippen molar-refractivity contribution in [3.63, 3.8) is 0 Å². The number of hydrogen-bond acceptors (Lipinski definition) is 2. The van der Waals surface area contributed by atoms with Crippen molar-refractivity contribution in [2.24, 2.45) is 0 Å². The number of hydrogen-bond donors (Lipinski definition) is 1. The SMILES string of the molecule is Cc1cccc(CCNC(C)C(=O)N(C)C)c1. The standard InChI is InChI=1S/C14H22N2O/c1-11-6-5-7-13(10-11)8-9-15-12(2)14(17)16(3)4/h5-7,10,12,15H,8-9H2,1-4H3. The molecule has 0 fully saturated rings. The third-order valence-corrected chi connectivity index (χ3v) is 2.76. The fourth-order valence-corrected chi connectivity index (χ4v) is 1.78. The third kappa shape index (κ3) is 4.57. The van der Waals surface area contributed by atoms with Crippen molar-refractivity contribution >= 4 is 5.91 Å². The fraction of sp³-hybridized carbons (Fsp3) is 0.500. The normalized spacial score (nSPS) is 12.2. The maximum absolute atomic E-state index is 11.6. The van der Waals surface area contributed by atoms with E-state index in [1.54, 1.807) is 19.0 Å². The van der Waals surface area contributed by atoms with Crippen LogP contribution in [0.1, 0.15) is 18.1 Å². The molecule has 1 unspecified atom stereocenters. The quantitative estimate of drug-likeness (QED) is 0.839. The lowest BCUT2D eigenvalue weighted by atomic mass is 10.1. The van der Waals surface area contributed by atoms with E-state index >= 15 is 0 Å². The van der Waals surface area contributed by atoms with Gasteiger partial charge in [0, 0.05) is 14.1 Å². The number of likely N-dealkylation sites (N-methyl/N-ethyl adjacent to an activating group) is 1. The molecule has 0 aromatic heterocycles. The van der Waals surface area contributed by atoms with Gasteiger partial charge < -0.3 is 10.2 Å². The van der Waals surface area contributed by atoms with Crippen LogP contribution in [0.5, 0.6) is 0 Å². The second-order valence-corrected chi connectivity index (χ2v) is 4.65. The van der Waals surface area contributed by atoms with Gasteiger partial charge in [-0.2, -0.15) is 0 Å². The molecular weight excluding hydrogens is 212 g/mol. The second kappa shape index (κ2) is 6.40. The summed E-state index contributed by atoms with van der Waals surface area (Å²) in [6.45, 7) is 4.82. The molecule has 0 radical (unpaired) electrons. The maximum atomic E-state index is 11.6. The summed E-state index contributed by atoms with van der Waals surface area (Å²) in [5.41, 5.74) is 2.59. The van der Waals surface area contributed by atoms with Crippen LogP contribution >= 0.6 is 0 Å². The van der Waals surface area contributed by atoms with Crippen molar-refractivity contribution in [3.05, 3.63) is 35.4 Å². The minimum absolute atomic E-state index is 0.116. The number of aryl methyl sites for hydroxylation is 1. The molecule has 94 valence electrons. The van der Waals surface area contributed by atoms with Crippen LogP contribution in [0.2, 0.25) is 0 Å². The molecule has 0 spiro atoms. The Morgan fingerprint density at radius 1 is 1.41 bits per heavy atom. The van der Waals surface area contributed by atoms with Crippen LogP contribution in [-0.2, 0) is 11.2 Å². The molecule has 0 saturated carbocycles. The summed E-state index contributed by atoms with van der Waals surface area (Å²) in [4.78, 5) is 13.2. The molecule has 0 aliphatic carbocycles. The van der Waals surface area contributed by atoms with Crippen molar-refractivity contribution < 1.29 is 4.79 Å². The molecule has 0 aliphatic rings. The Labute approximate surface area is 104 Å². The van der Waals surface area contributed by atoms with E-state index in [1.165, 1.54) is 11.1 Å². The van der Waals surface area contributed by atoms with Crippen LogP contribution in [0.3, 0.4) is 0 Å². The highest BCUT2D eigenvalue weighted by molar-refractivity contribution is 5.80. The van der Waals surface area contributed by atoms with Gasteiger partial charge in [-0.25, -0.2) is 0 Å². The highest BCUT2D eigenvalue weighted by Gasteiger charge is 2.13. The van der Waals surface area contributed by atoms with Gasteiger partial charge in [0.15, 0.2) is 0 Å². The minimum atomic E-state index is -0.116. The molecule has 1 aromatic carbocycles. The van der Waals surface area contributed by atoms with Gasteiger partial charge in [0.2, 0.25) is 5.91 Å². The first-order valence-electron chi connectivity index (χ1n) is 6.01. The van der Waals surface area contributed by atoms with Crippen LogP contribution in [0.25, 0.3) is 0 Å². The van der Waals surface area contributed by atoms with Gasteiger partial charge >= 0.3 is 0 Å². The predicted octanol–water partition coefficient (Wildman–Crippen LogP) is 1.60. The lowest BCUT2D eigenvalue weighted by Crippen LogP contribution is -2.42. The van der Waals surface area contributed by atoms with E-state index < -0.39 is 0 Å². The van der Waals surface area contributed by atoms with Gasteiger partial charge in [-0.3, -0.25) is 4.79 Å². The van der Waals surface area contributed by atoms with Crippen molar-refractivity contribution in [3.8, 4) is 0 Å². The topological polar surface area (TPSA) is 32.3 Å². The number of rotatable bonds is 5. The molecule has 17 heavy (non-hydrogen) atoms. The lowest BCUT2D eigenvalue weighted by Gasteiger charge is -2.18. The Hall–Kier alpha value is -1.35. The number of nitrogens with one attached hydrogen (secondary N) is 1. The van der Waals surface area contributed by atoms with Gasteiger partial charge in [-0.1, -0.05) is 29.8 Å². The Bertz CT molecular complexity index is 374. The first kappa shape index (κ1) is 13.7. The van der Waals surface area contributed by atoms with Gasteiger partial charge in [0.25, 0.3) is 0 Å². The Kier molecular flexibility index (Phi) is 5.16. The van der Waals surface area contributed by atoms with E-state index in [4.69, 9.17) is 0 Å². The smallest absolute Gasteiger partial charge is 0.238 e. The zero-order chi connectivity index (χ0) is 12.8. The Balaban J connectivity index is 2.35. The number of benzene rings is 1.